The highest BCUT2D eigenvalue weighted by Gasteiger charge is 2.18. The van der Waals surface area contributed by atoms with Gasteiger partial charge < -0.3 is 9.88 Å². The van der Waals surface area contributed by atoms with Gasteiger partial charge in [-0.15, -0.1) is 0 Å². The van der Waals surface area contributed by atoms with Gasteiger partial charge in [0.1, 0.15) is 11.6 Å². The number of halogens is 1. The van der Waals surface area contributed by atoms with Crippen LogP contribution in [0.1, 0.15) is 43.2 Å². The maximum Gasteiger partial charge on any atom is 0.252 e. The fourth-order valence-electron chi connectivity index (χ4n) is 3.74. The molecule has 0 spiro atoms. The second-order valence-electron chi connectivity index (χ2n) is 7.90. The number of nitrogens with zero attached hydrogens (tertiary/aromatic N) is 2. The molecule has 0 aliphatic heterocycles. The monoisotopic (exact) mass is 429 g/mol. The Kier molecular flexibility index (Phi) is 5.86. The van der Waals surface area contributed by atoms with Crippen LogP contribution in [0, 0.1) is 19.7 Å². The number of rotatable bonds is 6. The number of benzene rings is 3. The standard InChI is InChI=1S/C26H24FN3O2/c1-16-8-9-18(14-17(16)2)25(31)20-6-4-5-7-21(20)26(32)28-13-12-24-29-22-11-10-19(27)15-23(22)30(24)3/h4-11,14-15H,12-13H2,1-3H3,(H,28,32). The Morgan fingerprint density at radius 3 is 2.47 bits per heavy atom. The van der Waals surface area contributed by atoms with Crippen LogP contribution in [0.3, 0.4) is 0 Å². The Labute approximate surface area is 185 Å². The average molecular weight is 429 g/mol. The average Bonchev–Trinajstić information content (AvgIpc) is 3.10. The molecule has 0 aliphatic rings. The third kappa shape index (κ3) is 4.17. The highest BCUT2D eigenvalue weighted by atomic mass is 19.1. The van der Waals surface area contributed by atoms with Crippen molar-refractivity contribution in [1.29, 1.82) is 0 Å². The second kappa shape index (κ2) is 8.75. The number of carbonyl (C=O) groups excluding carboxylic acids is 2. The van der Waals surface area contributed by atoms with E-state index in [0.717, 1.165) is 17.0 Å². The summed E-state index contributed by atoms with van der Waals surface area (Å²) in [4.78, 5) is 30.5. The molecule has 0 radical (unpaired) electrons. The first-order valence-corrected chi connectivity index (χ1v) is 10.4. The lowest BCUT2D eigenvalue weighted by atomic mass is 9.95. The van der Waals surface area contributed by atoms with Gasteiger partial charge >= 0.3 is 0 Å². The number of aromatic nitrogens is 2. The highest BCUT2D eigenvalue weighted by Crippen LogP contribution is 2.18. The van der Waals surface area contributed by atoms with E-state index in [1.165, 1.54) is 12.1 Å². The molecule has 5 nitrogen and oxygen atoms in total. The molecule has 1 N–H and O–H groups in total. The molecule has 0 unspecified atom stereocenters. The van der Waals surface area contributed by atoms with E-state index in [9.17, 15) is 14.0 Å². The summed E-state index contributed by atoms with van der Waals surface area (Å²) in [5.74, 6) is -0.0744. The number of carbonyl (C=O) groups is 2. The number of fused-ring (bicyclic) bond motifs is 1. The molecule has 0 saturated heterocycles. The molecule has 0 aliphatic carbocycles. The first kappa shape index (κ1) is 21.4. The predicted octanol–water partition coefficient (Wildman–Crippen LogP) is 4.53. The molecule has 1 aromatic heterocycles. The van der Waals surface area contributed by atoms with Crippen LogP contribution in [-0.2, 0) is 13.5 Å². The van der Waals surface area contributed by atoms with E-state index in [1.807, 2.05) is 37.6 Å². The fourth-order valence-corrected chi connectivity index (χ4v) is 3.74. The Morgan fingerprint density at radius 2 is 1.72 bits per heavy atom. The minimum absolute atomic E-state index is 0.184. The molecule has 1 heterocycles. The van der Waals surface area contributed by atoms with Gasteiger partial charge in [-0.3, -0.25) is 9.59 Å². The van der Waals surface area contributed by atoms with Crippen molar-refractivity contribution < 1.29 is 14.0 Å². The summed E-state index contributed by atoms with van der Waals surface area (Å²) < 4.78 is 15.3. The van der Waals surface area contributed by atoms with E-state index in [2.05, 4.69) is 10.3 Å². The van der Waals surface area contributed by atoms with E-state index in [4.69, 9.17) is 0 Å². The van der Waals surface area contributed by atoms with Crippen LogP contribution in [0.4, 0.5) is 4.39 Å². The van der Waals surface area contributed by atoms with Crippen LogP contribution in [0.2, 0.25) is 0 Å². The van der Waals surface area contributed by atoms with Crippen LogP contribution >= 0.6 is 0 Å². The molecule has 0 saturated carbocycles. The summed E-state index contributed by atoms with van der Waals surface area (Å²) in [6.07, 6.45) is 0.478. The molecule has 0 atom stereocenters. The van der Waals surface area contributed by atoms with Crippen molar-refractivity contribution in [2.24, 2.45) is 7.05 Å². The number of hydrogen-bond acceptors (Lipinski definition) is 3. The lowest BCUT2D eigenvalue weighted by Gasteiger charge is -2.11. The fraction of sp³-hybridized carbons (Fsp3) is 0.192. The Bertz CT molecular complexity index is 1340. The van der Waals surface area contributed by atoms with Crippen LogP contribution in [0.15, 0.2) is 60.7 Å². The van der Waals surface area contributed by atoms with E-state index >= 15 is 0 Å². The first-order chi connectivity index (χ1) is 15.3. The number of nitrogens with one attached hydrogen (secondary N) is 1. The van der Waals surface area contributed by atoms with Crippen molar-refractivity contribution in [3.63, 3.8) is 0 Å². The Hall–Kier alpha value is -3.80. The van der Waals surface area contributed by atoms with Crippen molar-refractivity contribution in [1.82, 2.24) is 14.9 Å². The van der Waals surface area contributed by atoms with Crippen molar-refractivity contribution in [3.8, 4) is 0 Å². The van der Waals surface area contributed by atoms with Crippen molar-refractivity contribution in [2.75, 3.05) is 6.54 Å². The quantitative estimate of drug-likeness (QED) is 0.458. The Balaban J connectivity index is 1.49. The van der Waals surface area contributed by atoms with Crippen LogP contribution < -0.4 is 5.32 Å². The van der Waals surface area contributed by atoms with Crippen LogP contribution in [-0.4, -0.2) is 27.8 Å². The Morgan fingerprint density at radius 1 is 0.969 bits per heavy atom. The third-order valence-electron chi connectivity index (χ3n) is 5.76. The molecule has 4 aromatic rings. The third-order valence-corrected chi connectivity index (χ3v) is 5.76. The zero-order valence-corrected chi connectivity index (χ0v) is 18.3. The largest absolute Gasteiger partial charge is 0.352 e. The predicted molar refractivity (Wildman–Crippen MR) is 122 cm³/mol. The van der Waals surface area contributed by atoms with Gasteiger partial charge in [0.05, 0.1) is 16.6 Å². The molecule has 6 heteroatoms. The minimum atomic E-state index is -0.317. The van der Waals surface area contributed by atoms with E-state index in [-0.39, 0.29) is 17.5 Å². The normalized spacial score (nSPS) is 11.0. The number of hydrogen-bond donors (Lipinski definition) is 1. The summed E-state index contributed by atoms with van der Waals surface area (Å²) in [5.41, 5.74) is 4.81. The van der Waals surface area contributed by atoms with Gasteiger partial charge in [-0.25, -0.2) is 9.37 Å². The number of amides is 1. The molecular formula is C26H24FN3O2. The van der Waals surface area contributed by atoms with Gasteiger partial charge in [0, 0.05) is 31.1 Å². The SMILES string of the molecule is Cc1ccc(C(=O)c2ccccc2C(=O)NCCc2nc3ccc(F)cc3n2C)cc1C. The van der Waals surface area contributed by atoms with Crippen molar-refractivity contribution >= 4 is 22.7 Å². The molecule has 3 aromatic carbocycles. The van der Waals surface area contributed by atoms with Gasteiger partial charge in [0.15, 0.2) is 5.78 Å². The van der Waals surface area contributed by atoms with Gasteiger partial charge in [-0.1, -0.05) is 30.3 Å². The van der Waals surface area contributed by atoms with Gasteiger partial charge in [0.2, 0.25) is 0 Å². The van der Waals surface area contributed by atoms with E-state index < -0.39 is 0 Å². The van der Waals surface area contributed by atoms with E-state index in [1.54, 1.807) is 36.4 Å². The summed E-state index contributed by atoms with van der Waals surface area (Å²) in [5, 5.41) is 2.88. The zero-order chi connectivity index (χ0) is 22.8. The maximum absolute atomic E-state index is 13.5. The van der Waals surface area contributed by atoms with Gasteiger partial charge in [-0.05, 0) is 55.3 Å². The maximum atomic E-state index is 13.5. The highest BCUT2D eigenvalue weighted by molar-refractivity contribution is 6.15. The molecular weight excluding hydrogens is 405 g/mol. The molecule has 0 bridgehead atoms. The number of ketones is 1. The number of imidazole rings is 1. The summed E-state index contributed by atoms with van der Waals surface area (Å²) in [7, 11) is 1.82. The van der Waals surface area contributed by atoms with Gasteiger partial charge in [-0.2, -0.15) is 0 Å². The summed E-state index contributed by atoms with van der Waals surface area (Å²) in [6.45, 7) is 4.29. The second-order valence-corrected chi connectivity index (χ2v) is 7.90. The summed E-state index contributed by atoms with van der Waals surface area (Å²) in [6, 6.07) is 16.8. The molecule has 0 fully saturated rings. The lowest BCUT2D eigenvalue weighted by molar-refractivity contribution is 0.0942. The van der Waals surface area contributed by atoms with Gasteiger partial charge in [0.25, 0.3) is 5.91 Å². The number of aryl methyl sites for hydroxylation is 3. The van der Waals surface area contributed by atoms with Crippen LogP contribution in [0.5, 0.6) is 0 Å². The van der Waals surface area contributed by atoms with Crippen molar-refractivity contribution in [2.45, 2.75) is 20.3 Å². The topological polar surface area (TPSA) is 64.0 Å². The first-order valence-electron chi connectivity index (χ1n) is 10.4. The summed E-state index contributed by atoms with van der Waals surface area (Å²) >= 11 is 0. The molecule has 1 amide bonds. The lowest BCUT2D eigenvalue weighted by Crippen LogP contribution is -2.28. The van der Waals surface area contributed by atoms with Crippen LogP contribution in [0.25, 0.3) is 11.0 Å². The van der Waals surface area contributed by atoms with Crippen molar-refractivity contribution in [3.05, 3.63) is 100 Å². The smallest absolute Gasteiger partial charge is 0.252 e. The molecule has 4 rings (SSSR count). The minimum Gasteiger partial charge on any atom is -0.352 e. The van der Waals surface area contributed by atoms with E-state index in [0.29, 0.717) is 40.7 Å². The zero-order valence-electron chi connectivity index (χ0n) is 18.3. The molecule has 162 valence electrons. The molecule has 32 heavy (non-hydrogen) atoms.